The van der Waals surface area contributed by atoms with E-state index in [0.717, 1.165) is 11.5 Å². The van der Waals surface area contributed by atoms with Crippen LogP contribution in [-0.4, -0.2) is 7.05 Å². The molecule has 106 valence electrons. The molecule has 1 atom stereocenters. The fraction of sp³-hybridized carbons (Fsp3) is 0.333. The van der Waals surface area contributed by atoms with Crippen LogP contribution in [0.3, 0.4) is 0 Å². The van der Waals surface area contributed by atoms with E-state index in [1.807, 2.05) is 19.2 Å². The first-order valence-corrected chi connectivity index (χ1v) is 7.04. The first-order chi connectivity index (χ1) is 9.51. The second-order valence-electron chi connectivity index (χ2n) is 5.41. The van der Waals surface area contributed by atoms with Crippen LogP contribution in [0.4, 0.5) is 0 Å². The summed E-state index contributed by atoms with van der Waals surface area (Å²) in [5.41, 5.74) is 4.88. The zero-order chi connectivity index (χ0) is 14.7. The van der Waals surface area contributed by atoms with Crippen LogP contribution in [0.25, 0.3) is 0 Å². The standard InChI is InChI=1S/C18H23NO/c1-12-10-13(2)18(14(3)11-12)20-17-8-6-16(7-9-17)15(4)19-5/h6-11,15,19H,1-5H3. The Balaban J connectivity index is 2.23. The summed E-state index contributed by atoms with van der Waals surface area (Å²) in [4.78, 5) is 0. The summed E-state index contributed by atoms with van der Waals surface area (Å²) < 4.78 is 6.04. The highest BCUT2D eigenvalue weighted by atomic mass is 16.5. The lowest BCUT2D eigenvalue weighted by molar-refractivity contribution is 0.474. The number of ether oxygens (including phenoxy) is 1. The predicted molar refractivity (Wildman–Crippen MR) is 84.6 cm³/mol. The van der Waals surface area contributed by atoms with Gasteiger partial charge in [-0.2, -0.15) is 0 Å². The predicted octanol–water partition coefficient (Wildman–Crippen LogP) is 4.68. The summed E-state index contributed by atoms with van der Waals surface area (Å²) in [5.74, 6) is 1.84. The summed E-state index contributed by atoms with van der Waals surface area (Å²) in [7, 11) is 1.97. The lowest BCUT2D eigenvalue weighted by atomic mass is 10.1. The van der Waals surface area contributed by atoms with Gasteiger partial charge in [-0.3, -0.25) is 0 Å². The zero-order valence-electron chi connectivity index (χ0n) is 12.9. The summed E-state index contributed by atoms with van der Waals surface area (Å²) in [6.07, 6.45) is 0. The van der Waals surface area contributed by atoms with Gasteiger partial charge in [0.05, 0.1) is 0 Å². The highest BCUT2D eigenvalue weighted by Gasteiger charge is 2.07. The fourth-order valence-corrected chi connectivity index (χ4v) is 2.44. The molecule has 2 aromatic rings. The Morgan fingerprint density at radius 3 is 2.00 bits per heavy atom. The van der Waals surface area contributed by atoms with Crippen molar-refractivity contribution in [2.75, 3.05) is 7.05 Å². The minimum Gasteiger partial charge on any atom is -0.457 e. The number of benzene rings is 2. The molecule has 1 unspecified atom stereocenters. The molecule has 0 aromatic heterocycles. The number of rotatable bonds is 4. The van der Waals surface area contributed by atoms with Gasteiger partial charge in [-0.05, 0) is 63.6 Å². The van der Waals surface area contributed by atoms with E-state index in [2.05, 4.69) is 57.3 Å². The van der Waals surface area contributed by atoms with Crippen molar-refractivity contribution in [2.24, 2.45) is 0 Å². The number of nitrogens with one attached hydrogen (secondary N) is 1. The van der Waals surface area contributed by atoms with Crippen molar-refractivity contribution in [3.63, 3.8) is 0 Å². The van der Waals surface area contributed by atoms with Gasteiger partial charge in [0.25, 0.3) is 0 Å². The maximum Gasteiger partial charge on any atom is 0.133 e. The van der Waals surface area contributed by atoms with E-state index >= 15 is 0 Å². The van der Waals surface area contributed by atoms with Gasteiger partial charge in [0, 0.05) is 6.04 Å². The Morgan fingerprint density at radius 1 is 0.950 bits per heavy atom. The van der Waals surface area contributed by atoms with Crippen LogP contribution >= 0.6 is 0 Å². The van der Waals surface area contributed by atoms with Crippen LogP contribution in [-0.2, 0) is 0 Å². The zero-order valence-corrected chi connectivity index (χ0v) is 12.9. The molecule has 0 spiro atoms. The van der Waals surface area contributed by atoms with Crippen LogP contribution in [0.2, 0.25) is 0 Å². The summed E-state index contributed by atoms with van der Waals surface area (Å²) in [6.45, 7) is 8.43. The third-order valence-corrected chi connectivity index (χ3v) is 3.64. The molecule has 0 amide bonds. The average Bonchev–Trinajstić information content (AvgIpc) is 2.42. The molecular formula is C18H23NO. The third-order valence-electron chi connectivity index (χ3n) is 3.64. The van der Waals surface area contributed by atoms with Gasteiger partial charge in [-0.1, -0.05) is 29.8 Å². The molecular weight excluding hydrogens is 246 g/mol. The van der Waals surface area contributed by atoms with Crippen molar-refractivity contribution in [3.8, 4) is 11.5 Å². The van der Waals surface area contributed by atoms with Gasteiger partial charge in [0.1, 0.15) is 11.5 Å². The molecule has 2 aromatic carbocycles. The molecule has 0 bridgehead atoms. The van der Waals surface area contributed by atoms with Crippen LogP contribution < -0.4 is 10.1 Å². The monoisotopic (exact) mass is 269 g/mol. The van der Waals surface area contributed by atoms with Crippen molar-refractivity contribution in [1.29, 1.82) is 0 Å². The maximum absolute atomic E-state index is 6.04. The second-order valence-corrected chi connectivity index (χ2v) is 5.41. The van der Waals surface area contributed by atoms with Crippen molar-refractivity contribution in [3.05, 3.63) is 58.7 Å². The third kappa shape index (κ3) is 3.20. The fourth-order valence-electron chi connectivity index (χ4n) is 2.44. The van der Waals surface area contributed by atoms with Crippen molar-refractivity contribution in [2.45, 2.75) is 33.7 Å². The number of hydrogen-bond donors (Lipinski definition) is 1. The molecule has 0 aliphatic rings. The number of aryl methyl sites for hydroxylation is 3. The summed E-state index contributed by atoms with van der Waals surface area (Å²) in [5, 5.41) is 3.23. The minimum absolute atomic E-state index is 0.354. The van der Waals surface area contributed by atoms with Gasteiger partial charge in [-0.25, -0.2) is 0 Å². The minimum atomic E-state index is 0.354. The lowest BCUT2D eigenvalue weighted by Gasteiger charge is -2.14. The highest BCUT2D eigenvalue weighted by Crippen LogP contribution is 2.30. The quantitative estimate of drug-likeness (QED) is 0.869. The van der Waals surface area contributed by atoms with Gasteiger partial charge in [-0.15, -0.1) is 0 Å². The Hall–Kier alpha value is -1.80. The van der Waals surface area contributed by atoms with Crippen LogP contribution in [0, 0.1) is 20.8 Å². The van der Waals surface area contributed by atoms with E-state index < -0.39 is 0 Å². The smallest absolute Gasteiger partial charge is 0.133 e. The molecule has 0 heterocycles. The van der Waals surface area contributed by atoms with Crippen molar-refractivity contribution < 1.29 is 4.74 Å². The van der Waals surface area contributed by atoms with Crippen LogP contribution in [0.15, 0.2) is 36.4 Å². The van der Waals surface area contributed by atoms with E-state index in [9.17, 15) is 0 Å². The van der Waals surface area contributed by atoms with Crippen molar-refractivity contribution in [1.82, 2.24) is 5.32 Å². The van der Waals surface area contributed by atoms with E-state index in [1.165, 1.54) is 22.3 Å². The van der Waals surface area contributed by atoms with Crippen molar-refractivity contribution >= 4 is 0 Å². The second kappa shape index (κ2) is 6.10. The Kier molecular flexibility index (Phi) is 4.46. The Morgan fingerprint density at radius 2 is 1.50 bits per heavy atom. The molecule has 0 saturated carbocycles. The largest absolute Gasteiger partial charge is 0.457 e. The van der Waals surface area contributed by atoms with E-state index in [-0.39, 0.29) is 0 Å². The van der Waals surface area contributed by atoms with Gasteiger partial charge in [0.15, 0.2) is 0 Å². The van der Waals surface area contributed by atoms with E-state index in [0.29, 0.717) is 6.04 Å². The summed E-state index contributed by atoms with van der Waals surface area (Å²) >= 11 is 0. The Labute approximate surface area is 121 Å². The molecule has 0 radical (unpaired) electrons. The topological polar surface area (TPSA) is 21.3 Å². The molecule has 1 N–H and O–H groups in total. The first-order valence-electron chi connectivity index (χ1n) is 7.04. The molecule has 2 rings (SSSR count). The van der Waals surface area contributed by atoms with E-state index in [1.54, 1.807) is 0 Å². The van der Waals surface area contributed by atoms with Gasteiger partial charge >= 0.3 is 0 Å². The molecule has 0 aliphatic carbocycles. The molecule has 0 aliphatic heterocycles. The lowest BCUT2D eigenvalue weighted by Crippen LogP contribution is -2.11. The van der Waals surface area contributed by atoms with Crippen LogP contribution in [0.1, 0.15) is 35.2 Å². The average molecular weight is 269 g/mol. The molecule has 2 heteroatoms. The number of hydrogen-bond acceptors (Lipinski definition) is 2. The molecule has 20 heavy (non-hydrogen) atoms. The molecule has 0 fully saturated rings. The summed E-state index contributed by atoms with van der Waals surface area (Å²) in [6, 6.07) is 12.9. The molecule has 0 saturated heterocycles. The SMILES string of the molecule is CNC(C)c1ccc(Oc2c(C)cc(C)cc2C)cc1. The maximum atomic E-state index is 6.04. The first kappa shape index (κ1) is 14.6. The van der Waals surface area contributed by atoms with E-state index in [4.69, 9.17) is 4.74 Å². The van der Waals surface area contributed by atoms with Gasteiger partial charge in [0.2, 0.25) is 0 Å². The normalized spacial score (nSPS) is 12.2. The molecule has 2 nitrogen and oxygen atoms in total. The highest BCUT2D eigenvalue weighted by molar-refractivity contribution is 5.45. The Bertz CT molecular complexity index is 564. The van der Waals surface area contributed by atoms with Crippen LogP contribution in [0.5, 0.6) is 11.5 Å². The van der Waals surface area contributed by atoms with Gasteiger partial charge < -0.3 is 10.1 Å².